The molecule has 0 unspecified atom stereocenters. The van der Waals surface area contributed by atoms with Crippen LogP contribution in [0, 0.1) is 0 Å². The van der Waals surface area contributed by atoms with Crippen molar-refractivity contribution in [2.24, 2.45) is 0 Å². The van der Waals surface area contributed by atoms with Crippen molar-refractivity contribution in [3.63, 3.8) is 0 Å². The third kappa shape index (κ3) is 3.98. The smallest absolute Gasteiger partial charge is 0.253 e. The summed E-state index contributed by atoms with van der Waals surface area (Å²) < 4.78 is 7.20. The maximum atomic E-state index is 12.8. The molecule has 0 spiro atoms. The SMILES string of the molecule is COc1ccnc(N)c1C1CCN(C(=O)c2cc(Br)cc(Br)c2)CC1. The van der Waals surface area contributed by atoms with Crippen molar-refractivity contribution in [3.8, 4) is 5.75 Å². The molecule has 7 heteroatoms. The molecule has 132 valence electrons. The average Bonchev–Trinajstić information content (AvgIpc) is 2.60. The number of hydrogen-bond acceptors (Lipinski definition) is 4. The second-order valence-electron chi connectivity index (χ2n) is 6.04. The van der Waals surface area contributed by atoms with Crippen molar-refractivity contribution >= 4 is 43.6 Å². The number of pyridine rings is 1. The van der Waals surface area contributed by atoms with Crippen LogP contribution in [-0.4, -0.2) is 36.0 Å². The molecule has 1 aliphatic rings. The monoisotopic (exact) mass is 467 g/mol. The molecule has 1 aliphatic heterocycles. The first kappa shape index (κ1) is 18.2. The molecule has 0 radical (unpaired) electrons. The van der Waals surface area contributed by atoms with Gasteiger partial charge in [-0.3, -0.25) is 4.79 Å². The Bertz CT molecular complexity index is 770. The summed E-state index contributed by atoms with van der Waals surface area (Å²) in [5.74, 6) is 1.58. The molecule has 25 heavy (non-hydrogen) atoms. The van der Waals surface area contributed by atoms with Crippen LogP contribution in [0.15, 0.2) is 39.4 Å². The number of halogens is 2. The molecule has 0 saturated carbocycles. The molecule has 3 rings (SSSR count). The lowest BCUT2D eigenvalue weighted by Crippen LogP contribution is -2.38. The fourth-order valence-electron chi connectivity index (χ4n) is 3.29. The second kappa shape index (κ2) is 7.74. The predicted molar refractivity (Wildman–Crippen MR) is 105 cm³/mol. The first-order valence-corrected chi connectivity index (χ1v) is 9.62. The predicted octanol–water partition coefficient (Wildman–Crippen LogP) is 4.22. The molecule has 5 nitrogen and oxygen atoms in total. The Kier molecular flexibility index (Phi) is 5.64. The van der Waals surface area contributed by atoms with E-state index in [1.165, 1.54) is 0 Å². The number of anilines is 1. The van der Waals surface area contributed by atoms with Gasteiger partial charge >= 0.3 is 0 Å². The Morgan fingerprint density at radius 2 is 1.88 bits per heavy atom. The van der Waals surface area contributed by atoms with Crippen LogP contribution in [0.25, 0.3) is 0 Å². The summed E-state index contributed by atoms with van der Waals surface area (Å²) in [4.78, 5) is 18.8. The van der Waals surface area contributed by atoms with E-state index >= 15 is 0 Å². The number of methoxy groups -OCH3 is 1. The standard InChI is InChI=1S/C18H19Br2N3O2/c1-25-15-2-5-22-17(21)16(15)11-3-6-23(7-4-11)18(24)12-8-13(19)10-14(20)9-12/h2,5,8-11H,3-4,6-7H2,1H3,(H2,21,22). The fourth-order valence-corrected chi connectivity index (χ4v) is 4.58. The number of carbonyl (C=O) groups is 1. The van der Waals surface area contributed by atoms with Gasteiger partial charge in [-0.15, -0.1) is 0 Å². The number of benzene rings is 1. The third-order valence-corrected chi connectivity index (χ3v) is 5.42. The lowest BCUT2D eigenvalue weighted by Gasteiger charge is -2.33. The van der Waals surface area contributed by atoms with Gasteiger partial charge < -0.3 is 15.4 Å². The molecule has 1 fully saturated rings. The van der Waals surface area contributed by atoms with Crippen LogP contribution in [0.4, 0.5) is 5.82 Å². The molecule has 0 aliphatic carbocycles. The number of ether oxygens (including phenoxy) is 1. The number of likely N-dealkylation sites (tertiary alicyclic amines) is 1. The van der Waals surface area contributed by atoms with E-state index in [-0.39, 0.29) is 11.8 Å². The highest BCUT2D eigenvalue weighted by Crippen LogP contribution is 2.37. The molecule has 0 atom stereocenters. The van der Waals surface area contributed by atoms with E-state index < -0.39 is 0 Å². The number of carbonyl (C=O) groups excluding carboxylic acids is 1. The fraction of sp³-hybridized carbons (Fsp3) is 0.333. The zero-order valence-corrected chi connectivity index (χ0v) is 17.0. The van der Waals surface area contributed by atoms with Gasteiger partial charge in [0.05, 0.1) is 7.11 Å². The maximum absolute atomic E-state index is 12.8. The quantitative estimate of drug-likeness (QED) is 0.732. The van der Waals surface area contributed by atoms with Crippen LogP contribution in [0.2, 0.25) is 0 Å². The normalized spacial score (nSPS) is 15.2. The van der Waals surface area contributed by atoms with Gasteiger partial charge in [-0.25, -0.2) is 4.98 Å². The zero-order valence-electron chi connectivity index (χ0n) is 13.8. The molecule has 0 bridgehead atoms. The zero-order chi connectivity index (χ0) is 18.0. The van der Waals surface area contributed by atoms with Gasteiger partial charge in [0.15, 0.2) is 0 Å². The van der Waals surface area contributed by atoms with Gasteiger partial charge in [-0.1, -0.05) is 31.9 Å². The van der Waals surface area contributed by atoms with Crippen molar-refractivity contribution in [3.05, 3.63) is 50.5 Å². The number of amides is 1. The maximum Gasteiger partial charge on any atom is 0.253 e. The molecule has 1 amide bonds. The third-order valence-electron chi connectivity index (χ3n) is 4.50. The highest BCUT2D eigenvalue weighted by Gasteiger charge is 2.28. The number of nitrogens with zero attached hydrogens (tertiary/aromatic N) is 2. The van der Waals surface area contributed by atoms with Crippen molar-refractivity contribution in [2.45, 2.75) is 18.8 Å². The van der Waals surface area contributed by atoms with E-state index in [0.29, 0.717) is 24.5 Å². The minimum Gasteiger partial charge on any atom is -0.496 e. The number of hydrogen-bond donors (Lipinski definition) is 1. The molecular weight excluding hydrogens is 450 g/mol. The minimum atomic E-state index is 0.0478. The van der Waals surface area contributed by atoms with Gasteiger partial charge in [-0.2, -0.15) is 0 Å². The molecule has 1 aromatic carbocycles. The largest absolute Gasteiger partial charge is 0.496 e. The van der Waals surface area contributed by atoms with Crippen molar-refractivity contribution < 1.29 is 9.53 Å². The molecule has 2 N–H and O–H groups in total. The summed E-state index contributed by atoms with van der Waals surface area (Å²) in [6.07, 6.45) is 3.34. The Morgan fingerprint density at radius 3 is 2.48 bits per heavy atom. The molecule has 1 saturated heterocycles. The summed E-state index contributed by atoms with van der Waals surface area (Å²) in [5.41, 5.74) is 7.70. The molecular formula is C18H19Br2N3O2. The first-order valence-electron chi connectivity index (χ1n) is 8.03. The number of rotatable bonds is 3. The van der Waals surface area contributed by atoms with Crippen LogP contribution in [-0.2, 0) is 0 Å². The Hall–Kier alpha value is -1.60. The number of aromatic nitrogens is 1. The van der Waals surface area contributed by atoms with Crippen molar-refractivity contribution in [1.82, 2.24) is 9.88 Å². The van der Waals surface area contributed by atoms with Crippen molar-refractivity contribution in [2.75, 3.05) is 25.9 Å². The Morgan fingerprint density at radius 1 is 1.24 bits per heavy atom. The number of nitrogens with two attached hydrogens (primary N) is 1. The average molecular weight is 469 g/mol. The summed E-state index contributed by atoms with van der Waals surface area (Å²) >= 11 is 6.87. The van der Waals surface area contributed by atoms with Crippen LogP contribution in [0.1, 0.15) is 34.7 Å². The van der Waals surface area contributed by atoms with E-state index in [9.17, 15) is 4.79 Å². The Balaban J connectivity index is 1.73. The van der Waals surface area contributed by atoms with E-state index in [4.69, 9.17) is 10.5 Å². The molecule has 2 aromatic rings. The van der Waals surface area contributed by atoms with Crippen molar-refractivity contribution in [1.29, 1.82) is 0 Å². The summed E-state index contributed by atoms with van der Waals surface area (Å²) in [6, 6.07) is 7.45. The highest BCUT2D eigenvalue weighted by atomic mass is 79.9. The highest BCUT2D eigenvalue weighted by molar-refractivity contribution is 9.11. The first-order chi connectivity index (χ1) is 12.0. The van der Waals surface area contributed by atoms with Crippen LogP contribution in [0.5, 0.6) is 5.75 Å². The van der Waals surface area contributed by atoms with Gasteiger partial charge in [0, 0.05) is 39.4 Å². The van der Waals surface area contributed by atoms with Crippen LogP contribution < -0.4 is 10.5 Å². The van der Waals surface area contributed by atoms with Gasteiger partial charge in [0.2, 0.25) is 0 Å². The van der Waals surface area contributed by atoms with Gasteiger partial charge in [-0.05, 0) is 43.0 Å². The molecule has 1 aromatic heterocycles. The van der Waals surface area contributed by atoms with E-state index in [2.05, 4.69) is 36.8 Å². The van der Waals surface area contributed by atoms with Crippen LogP contribution >= 0.6 is 31.9 Å². The van der Waals surface area contributed by atoms with Crippen LogP contribution in [0.3, 0.4) is 0 Å². The Labute approximate surface area is 163 Å². The lowest BCUT2D eigenvalue weighted by atomic mass is 9.89. The minimum absolute atomic E-state index is 0.0478. The second-order valence-corrected chi connectivity index (χ2v) is 7.87. The molecule has 2 heterocycles. The van der Waals surface area contributed by atoms with E-state index in [1.54, 1.807) is 13.3 Å². The van der Waals surface area contributed by atoms with E-state index in [1.807, 2.05) is 29.2 Å². The lowest BCUT2D eigenvalue weighted by molar-refractivity contribution is 0.0712. The van der Waals surface area contributed by atoms with Gasteiger partial charge in [0.1, 0.15) is 11.6 Å². The number of piperidine rings is 1. The van der Waals surface area contributed by atoms with E-state index in [0.717, 1.165) is 33.1 Å². The summed E-state index contributed by atoms with van der Waals surface area (Å²) in [5, 5.41) is 0. The van der Waals surface area contributed by atoms with Gasteiger partial charge in [0.25, 0.3) is 5.91 Å². The summed E-state index contributed by atoms with van der Waals surface area (Å²) in [7, 11) is 1.64. The topological polar surface area (TPSA) is 68.5 Å². The number of nitrogen functional groups attached to an aromatic ring is 1. The summed E-state index contributed by atoms with van der Waals surface area (Å²) in [6.45, 7) is 1.37.